The van der Waals surface area contributed by atoms with E-state index in [-0.39, 0.29) is 6.01 Å². The van der Waals surface area contributed by atoms with Crippen LogP contribution in [0.15, 0.2) is 0 Å². The molecule has 8 nitrogen and oxygen atoms in total. The Morgan fingerprint density at radius 3 is 1.78 bits per heavy atom. The number of ether oxygens (including phenoxy) is 1. The minimum absolute atomic E-state index is 0.159. The van der Waals surface area contributed by atoms with Crippen LogP contribution >= 0.6 is 0 Å². The third kappa shape index (κ3) is 5.11. The summed E-state index contributed by atoms with van der Waals surface area (Å²) in [5.41, 5.74) is 0. The molecule has 0 aliphatic heterocycles. The Morgan fingerprint density at radius 1 is 1.00 bits per heavy atom. The van der Waals surface area contributed by atoms with E-state index >= 15 is 0 Å². The maximum Gasteiger partial charge on any atom is 0.322 e. The van der Waals surface area contributed by atoms with Gasteiger partial charge in [0.05, 0.1) is 19.3 Å². The SMILES string of the molecule is COc1nc(NC[C@@H](C)O)nc(NC[C@@H](C)O)n1. The third-order valence-corrected chi connectivity index (χ3v) is 1.91. The molecule has 8 heteroatoms. The highest BCUT2D eigenvalue weighted by Crippen LogP contribution is 2.10. The summed E-state index contributed by atoms with van der Waals surface area (Å²) in [6, 6.07) is 0.159. The standard InChI is InChI=1S/C10H19N5O3/c1-6(16)4-11-8-13-9(12-5-7(2)17)15-10(14-8)18-3/h6-7,16-17H,4-5H2,1-3H3,(H2,11,12,13,14,15)/t6-,7-/m1/s1. The summed E-state index contributed by atoms with van der Waals surface area (Å²) in [6.45, 7) is 3.95. The first-order chi connectivity index (χ1) is 8.51. The molecule has 0 bridgehead atoms. The fraction of sp³-hybridized carbons (Fsp3) is 0.700. The van der Waals surface area contributed by atoms with E-state index in [2.05, 4.69) is 25.6 Å². The van der Waals surface area contributed by atoms with Gasteiger partial charge in [0, 0.05) is 13.1 Å². The van der Waals surface area contributed by atoms with E-state index in [1.165, 1.54) is 7.11 Å². The summed E-state index contributed by atoms with van der Waals surface area (Å²) in [6.07, 6.45) is -1.02. The molecule has 102 valence electrons. The number of anilines is 2. The summed E-state index contributed by atoms with van der Waals surface area (Å²) in [5.74, 6) is 0.603. The third-order valence-electron chi connectivity index (χ3n) is 1.91. The van der Waals surface area contributed by atoms with E-state index in [0.717, 1.165) is 0 Å². The number of hydrogen-bond donors (Lipinski definition) is 4. The lowest BCUT2D eigenvalue weighted by Gasteiger charge is -2.11. The maximum atomic E-state index is 9.17. The van der Waals surface area contributed by atoms with Crippen LogP contribution in [-0.2, 0) is 0 Å². The molecule has 0 unspecified atom stereocenters. The van der Waals surface area contributed by atoms with E-state index in [1.807, 2.05) is 0 Å². The molecule has 0 amide bonds. The monoisotopic (exact) mass is 257 g/mol. The van der Waals surface area contributed by atoms with Crippen LogP contribution in [0.4, 0.5) is 11.9 Å². The molecule has 18 heavy (non-hydrogen) atoms. The van der Waals surface area contributed by atoms with Gasteiger partial charge >= 0.3 is 6.01 Å². The fourth-order valence-electron chi connectivity index (χ4n) is 1.08. The zero-order valence-corrected chi connectivity index (χ0v) is 10.7. The lowest BCUT2D eigenvalue weighted by molar-refractivity contribution is 0.208. The zero-order chi connectivity index (χ0) is 13.5. The summed E-state index contributed by atoms with van der Waals surface area (Å²) in [7, 11) is 1.45. The van der Waals surface area contributed by atoms with Crippen LogP contribution in [0.2, 0.25) is 0 Å². The zero-order valence-electron chi connectivity index (χ0n) is 10.7. The van der Waals surface area contributed by atoms with Gasteiger partial charge in [-0.15, -0.1) is 0 Å². The number of rotatable bonds is 7. The molecule has 1 heterocycles. The van der Waals surface area contributed by atoms with E-state index in [0.29, 0.717) is 25.0 Å². The van der Waals surface area contributed by atoms with E-state index < -0.39 is 12.2 Å². The molecule has 2 atom stereocenters. The van der Waals surface area contributed by atoms with Gasteiger partial charge < -0.3 is 25.6 Å². The quantitative estimate of drug-likeness (QED) is 0.515. The Morgan fingerprint density at radius 2 is 1.44 bits per heavy atom. The molecule has 0 spiro atoms. The highest BCUT2D eigenvalue weighted by molar-refractivity contribution is 5.35. The molecule has 4 N–H and O–H groups in total. The first-order valence-corrected chi connectivity index (χ1v) is 5.65. The van der Waals surface area contributed by atoms with Crippen molar-refractivity contribution in [2.75, 3.05) is 30.8 Å². The second kappa shape index (κ2) is 6.92. The van der Waals surface area contributed by atoms with Crippen molar-refractivity contribution in [3.05, 3.63) is 0 Å². The Bertz CT molecular complexity index is 342. The van der Waals surface area contributed by atoms with Crippen molar-refractivity contribution < 1.29 is 14.9 Å². The van der Waals surface area contributed by atoms with Gasteiger partial charge in [-0.1, -0.05) is 0 Å². The molecule has 1 aromatic rings. The predicted molar refractivity (Wildman–Crippen MR) is 66.7 cm³/mol. The Balaban J connectivity index is 2.74. The highest BCUT2D eigenvalue weighted by Gasteiger charge is 2.07. The summed E-state index contributed by atoms with van der Waals surface area (Å²) in [4.78, 5) is 12.0. The topological polar surface area (TPSA) is 112 Å². The van der Waals surface area contributed by atoms with Gasteiger partial charge in [0.25, 0.3) is 0 Å². The highest BCUT2D eigenvalue weighted by atomic mass is 16.5. The van der Waals surface area contributed by atoms with Crippen LogP contribution in [-0.4, -0.2) is 57.6 Å². The lowest BCUT2D eigenvalue weighted by atomic mass is 10.4. The second-order valence-electron chi connectivity index (χ2n) is 3.93. The van der Waals surface area contributed by atoms with Crippen molar-refractivity contribution in [2.45, 2.75) is 26.1 Å². The molecule has 0 saturated heterocycles. The van der Waals surface area contributed by atoms with Crippen molar-refractivity contribution in [3.8, 4) is 6.01 Å². The minimum atomic E-state index is -0.512. The van der Waals surface area contributed by atoms with Crippen molar-refractivity contribution in [2.24, 2.45) is 0 Å². The normalized spacial score (nSPS) is 13.8. The predicted octanol–water partition coefficient (Wildman–Crippen LogP) is -0.534. The molecular weight excluding hydrogens is 238 g/mol. The lowest BCUT2D eigenvalue weighted by Crippen LogP contribution is -2.20. The van der Waals surface area contributed by atoms with Gasteiger partial charge in [0.15, 0.2) is 0 Å². The average molecular weight is 257 g/mol. The molecule has 0 aliphatic carbocycles. The van der Waals surface area contributed by atoms with Crippen LogP contribution < -0.4 is 15.4 Å². The number of nitrogens with zero attached hydrogens (tertiary/aromatic N) is 3. The van der Waals surface area contributed by atoms with Gasteiger partial charge in [-0.25, -0.2) is 0 Å². The molecule has 1 aromatic heterocycles. The molecule has 0 fully saturated rings. The van der Waals surface area contributed by atoms with Gasteiger partial charge in [-0.3, -0.25) is 0 Å². The van der Waals surface area contributed by atoms with E-state index in [4.69, 9.17) is 4.74 Å². The van der Waals surface area contributed by atoms with E-state index in [9.17, 15) is 10.2 Å². The number of aromatic nitrogens is 3. The molecule has 0 aliphatic rings. The van der Waals surface area contributed by atoms with Crippen molar-refractivity contribution >= 4 is 11.9 Å². The first kappa shape index (κ1) is 14.4. The number of methoxy groups -OCH3 is 1. The molecule has 1 rings (SSSR count). The van der Waals surface area contributed by atoms with E-state index in [1.54, 1.807) is 13.8 Å². The van der Waals surface area contributed by atoms with Crippen LogP contribution in [0, 0.1) is 0 Å². The summed E-state index contributed by atoms with van der Waals surface area (Å²) in [5, 5.41) is 24.0. The minimum Gasteiger partial charge on any atom is -0.467 e. The van der Waals surface area contributed by atoms with Crippen LogP contribution in [0.3, 0.4) is 0 Å². The summed E-state index contributed by atoms with van der Waals surface area (Å²) < 4.78 is 4.94. The Labute approximate surface area is 105 Å². The van der Waals surface area contributed by atoms with Crippen molar-refractivity contribution in [1.29, 1.82) is 0 Å². The smallest absolute Gasteiger partial charge is 0.322 e. The van der Waals surface area contributed by atoms with Crippen molar-refractivity contribution in [3.63, 3.8) is 0 Å². The van der Waals surface area contributed by atoms with Crippen molar-refractivity contribution in [1.82, 2.24) is 15.0 Å². The average Bonchev–Trinajstić information content (AvgIpc) is 2.33. The number of nitrogens with one attached hydrogen (secondary N) is 2. The number of aliphatic hydroxyl groups excluding tert-OH is 2. The van der Waals surface area contributed by atoms with Gasteiger partial charge in [-0.05, 0) is 13.8 Å². The van der Waals surface area contributed by atoms with Gasteiger partial charge in [-0.2, -0.15) is 15.0 Å². The van der Waals surface area contributed by atoms with Crippen LogP contribution in [0.25, 0.3) is 0 Å². The summed E-state index contributed by atoms with van der Waals surface area (Å²) >= 11 is 0. The molecule has 0 radical (unpaired) electrons. The molecule has 0 aromatic carbocycles. The number of aliphatic hydroxyl groups is 2. The largest absolute Gasteiger partial charge is 0.467 e. The molecular formula is C10H19N5O3. The Hall–Kier alpha value is -1.67. The Kier molecular flexibility index (Phi) is 5.53. The molecule has 0 saturated carbocycles. The fourth-order valence-corrected chi connectivity index (χ4v) is 1.08. The van der Waals surface area contributed by atoms with Gasteiger partial charge in [0.2, 0.25) is 11.9 Å². The van der Waals surface area contributed by atoms with Gasteiger partial charge in [0.1, 0.15) is 0 Å². The number of hydrogen-bond acceptors (Lipinski definition) is 8. The first-order valence-electron chi connectivity index (χ1n) is 5.65. The maximum absolute atomic E-state index is 9.17. The van der Waals surface area contributed by atoms with Crippen LogP contribution in [0.1, 0.15) is 13.8 Å². The van der Waals surface area contributed by atoms with Crippen LogP contribution in [0.5, 0.6) is 6.01 Å². The second-order valence-corrected chi connectivity index (χ2v) is 3.93.